The number of amides is 1. The Morgan fingerprint density at radius 1 is 0.833 bits per heavy atom. The molecular formula is C23H21N5OS. The zero-order valence-corrected chi connectivity index (χ0v) is 17.5. The van der Waals surface area contributed by atoms with Crippen LogP contribution in [0.5, 0.6) is 0 Å². The van der Waals surface area contributed by atoms with Crippen LogP contribution in [0.1, 0.15) is 21.6 Å². The van der Waals surface area contributed by atoms with Gasteiger partial charge in [-0.05, 0) is 61.7 Å². The second-order valence-corrected chi connectivity index (χ2v) is 7.66. The van der Waals surface area contributed by atoms with E-state index < -0.39 is 0 Å². The predicted molar refractivity (Wildman–Crippen MR) is 123 cm³/mol. The zero-order chi connectivity index (χ0) is 20.9. The molecule has 0 radical (unpaired) electrons. The van der Waals surface area contributed by atoms with Crippen LogP contribution in [0, 0.1) is 13.8 Å². The van der Waals surface area contributed by atoms with Gasteiger partial charge in [0, 0.05) is 34.2 Å². The number of thiophene rings is 1. The van der Waals surface area contributed by atoms with Crippen molar-refractivity contribution >= 4 is 46.1 Å². The number of hydrogen-bond donors (Lipinski definition) is 3. The third kappa shape index (κ3) is 5.01. The monoisotopic (exact) mass is 415 g/mol. The first kappa shape index (κ1) is 19.6. The zero-order valence-electron chi connectivity index (χ0n) is 16.6. The first-order chi connectivity index (χ1) is 14.5. The molecule has 0 aliphatic carbocycles. The van der Waals surface area contributed by atoms with Crippen molar-refractivity contribution in [2.45, 2.75) is 13.8 Å². The summed E-state index contributed by atoms with van der Waals surface area (Å²) in [7, 11) is 0. The number of nitrogens with zero attached hydrogens (tertiary/aromatic N) is 2. The van der Waals surface area contributed by atoms with Crippen molar-refractivity contribution in [1.29, 1.82) is 0 Å². The molecule has 150 valence electrons. The molecule has 2 heterocycles. The minimum atomic E-state index is -0.120. The van der Waals surface area contributed by atoms with Crippen molar-refractivity contribution in [3.05, 3.63) is 88.2 Å². The number of carbonyl (C=O) groups is 1. The van der Waals surface area contributed by atoms with E-state index in [1.807, 2.05) is 72.3 Å². The number of carbonyl (C=O) groups excluding carboxylic acids is 1. The Bertz CT molecular complexity index is 1140. The number of aryl methyl sites for hydroxylation is 2. The smallest absolute Gasteiger partial charge is 0.256 e. The highest BCUT2D eigenvalue weighted by atomic mass is 32.1. The van der Waals surface area contributed by atoms with Crippen LogP contribution in [0.4, 0.5) is 28.8 Å². The summed E-state index contributed by atoms with van der Waals surface area (Å²) in [5.41, 5.74) is 5.23. The van der Waals surface area contributed by atoms with Crippen molar-refractivity contribution in [2.75, 3.05) is 16.0 Å². The minimum Gasteiger partial charge on any atom is -0.340 e. The van der Waals surface area contributed by atoms with Crippen LogP contribution in [0.2, 0.25) is 0 Å². The summed E-state index contributed by atoms with van der Waals surface area (Å²) in [5.74, 6) is 1.10. The maximum absolute atomic E-state index is 12.1. The molecule has 0 bridgehead atoms. The van der Waals surface area contributed by atoms with Crippen LogP contribution in [-0.4, -0.2) is 15.9 Å². The minimum absolute atomic E-state index is 0.120. The van der Waals surface area contributed by atoms with E-state index in [1.165, 1.54) is 16.9 Å². The molecule has 0 fully saturated rings. The average molecular weight is 416 g/mol. The Kier molecular flexibility index (Phi) is 5.72. The van der Waals surface area contributed by atoms with E-state index in [2.05, 4.69) is 32.8 Å². The SMILES string of the molecule is Cc1ccc(Nc2cc(C)nc(Nc3ccc(NC(=O)c4ccsc4)cc3)n2)cc1. The standard InChI is InChI=1S/C23H21N5OS/c1-15-3-5-18(6-4-15)25-21-13-16(2)24-23(28-21)27-20-9-7-19(8-10-20)26-22(29)17-11-12-30-14-17/h3-14H,1-2H3,(H,26,29)(H2,24,25,27,28). The molecule has 2 aromatic carbocycles. The van der Waals surface area contributed by atoms with Crippen LogP contribution in [0.25, 0.3) is 0 Å². The fourth-order valence-electron chi connectivity index (χ4n) is 2.84. The van der Waals surface area contributed by atoms with Crippen molar-refractivity contribution in [2.24, 2.45) is 0 Å². The molecule has 0 spiro atoms. The fourth-order valence-corrected chi connectivity index (χ4v) is 3.47. The van der Waals surface area contributed by atoms with E-state index in [-0.39, 0.29) is 5.91 Å². The number of benzene rings is 2. The first-order valence-corrected chi connectivity index (χ1v) is 10.4. The van der Waals surface area contributed by atoms with Crippen LogP contribution in [0.3, 0.4) is 0 Å². The predicted octanol–water partition coefficient (Wildman–Crippen LogP) is 5.89. The van der Waals surface area contributed by atoms with Crippen molar-refractivity contribution < 1.29 is 4.79 Å². The molecule has 1 amide bonds. The molecule has 4 aromatic rings. The van der Waals surface area contributed by atoms with Gasteiger partial charge in [-0.15, -0.1) is 0 Å². The third-order valence-electron chi connectivity index (χ3n) is 4.36. The Hall–Kier alpha value is -3.71. The second-order valence-electron chi connectivity index (χ2n) is 6.88. The van der Waals surface area contributed by atoms with Crippen molar-refractivity contribution in [3.8, 4) is 0 Å². The highest BCUT2D eigenvalue weighted by Crippen LogP contribution is 2.21. The van der Waals surface area contributed by atoms with E-state index in [0.29, 0.717) is 17.3 Å². The summed E-state index contributed by atoms with van der Waals surface area (Å²) in [6, 6.07) is 19.3. The summed E-state index contributed by atoms with van der Waals surface area (Å²) in [4.78, 5) is 21.2. The molecule has 0 aliphatic heterocycles. The van der Waals surface area contributed by atoms with Gasteiger partial charge in [0.05, 0.1) is 5.56 Å². The molecule has 0 unspecified atom stereocenters. The molecular weight excluding hydrogens is 394 g/mol. The van der Waals surface area contributed by atoms with E-state index >= 15 is 0 Å². The summed E-state index contributed by atoms with van der Waals surface area (Å²) >= 11 is 1.50. The van der Waals surface area contributed by atoms with Gasteiger partial charge < -0.3 is 16.0 Å². The topological polar surface area (TPSA) is 78.9 Å². The maximum atomic E-state index is 12.1. The van der Waals surface area contributed by atoms with Gasteiger partial charge >= 0.3 is 0 Å². The van der Waals surface area contributed by atoms with E-state index in [1.54, 1.807) is 6.07 Å². The van der Waals surface area contributed by atoms with Gasteiger partial charge in [0.2, 0.25) is 5.95 Å². The normalized spacial score (nSPS) is 10.5. The van der Waals surface area contributed by atoms with Gasteiger partial charge in [0.1, 0.15) is 5.82 Å². The molecule has 6 nitrogen and oxygen atoms in total. The number of nitrogens with one attached hydrogen (secondary N) is 3. The van der Waals surface area contributed by atoms with Crippen molar-refractivity contribution in [3.63, 3.8) is 0 Å². The van der Waals surface area contributed by atoms with E-state index in [0.717, 1.165) is 22.8 Å². The van der Waals surface area contributed by atoms with Gasteiger partial charge in [0.15, 0.2) is 0 Å². The van der Waals surface area contributed by atoms with Gasteiger partial charge in [-0.25, -0.2) is 4.98 Å². The van der Waals surface area contributed by atoms with Gasteiger partial charge in [-0.2, -0.15) is 16.3 Å². The second kappa shape index (κ2) is 8.75. The van der Waals surface area contributed by atoms with Gasteiger partial charge in [-0.3, -0.25) is 4.79 Å². The third-order valence-corrected chi connectivity index (χ3v) is 5.04. The molecule has 30 heavy (non-hydrogen) atoms. The average Bonchev–Trinajstić information content (AvgIpc) is 3.26. The summed E-state index contributed by atoms with van der Waals surface area (Å²) < 4.78 is 0. The Balaban J connectivity index is 1.44. The fraction of sp³-hybridized carbons (Fsp3) is 0.0870. The van der Waals surface area contributed by atoms with Crippen LogP contribution in [-0.2, 0) is 0 Å². The summed E-state index contributed by atoms with van der Waals surface area (Å²) in [6.07, 6.45) is 0. The van der Waals surface area contributed by atoms with E-state index in [4.69, 9.17) is 0 Å². The lowest BCUT2D eigenvalue weighted by Gasteiger charge is -2.11. The summed E-state index contributed by atoms with van der Waals surface area (Å²) in [6.45, 7) is 3.98. The van der Waals surface area contributed by atoms with Crippen molar-refractivity contribution in [1.82, 2.24) is 9.97 Å². The highest BCUT2D eigenvalue weighted by Gasteiger charge is 2.07. The number of hydrogen-bond acceptors (Lipinski definition) is 6. The molecule has 0 aliphatic rings. The molecule has 7 heteroatoms. The molecule has 2 aromatic heterocycles. The maximum Gasteiger partial charge on any atom is 0.256 e. The molecule has 3 N–H and O–H groups in total. The van der Waals surface area contributed by atoms with Crippen LogP contribution < -0.4 is 16.0 Å². The highest BCUT2D eigenvalue weighted by molar-refractivity contribution is 7.08. The summed E-state index contributed by atoms with van der Waals surface area (Å²) in [5, 5.41) is 13.1. The first-order valence-electron chi connectivity index (χ1n) is 9.45. The van der Waals surface area contributed by atoms with Crippen LogP contribution >= 0.6 is 11.3 Å². The lowest BCUT2D eigenvalue weighted by atomic mass is 10.2. The number of anilines is 5. The lowest BCUT2D eigenvalue weighted by molar-refractivity contribution is 0.102. The Morgan fingerprint density at radius 2 is 1.50 bits per heavy atom. The number of rotatable bonds is 6. The number of aromatic nitrogens is 2. The Labute approximate surface area is 179 Å². The molecule has 0 atom stereocenters. The van der Waals surface area contributed by atoms with Gasteiger partial charge in [-0.1, -0.05) is 17.7 Å². The lowest BCUT2D eigenvalue weighted by Crippen LogP contribution is -2.10. The van der Waals surface area contributed by atoms with Crippen LogP contribution in [0.15, 0.2) is 71.4 Å². The van der Waals surface area contributed by atoms with Gasteiger partial charge in [0.25, 0.3) is 5.91 Å². The molecule has 4 rings (SSSR count). The Morgan fingerprint density at radius 3 is 2.20 bits per heavy atom. The largest absolute Gasteiger partial charge is 0.340 e. The molecule has 0 saturated carbocycles. The van der Waals surface area contributed by atoms with E-state index in [9.17, 15) is 4.79 Å². The quantitative estimate of drug-likeness (QED) is 0.366. The molecule has 0 saturated heterocycles.